The maximum Gasteiger partial charge on any atom is 0.258 e. The third-order valence-corrected chi connectivity index (χ3v) is 12.6. The Labute approximate surface area is 342 Å². The summed E-state index contributed by atoms with van der Waals surface area (Å²) in [6.45, 7) is 14.7. The van der Waals surface area contributed by atoms with Crippen molar-refractivity contribution in [3.8, 4) is 17.2 Å². The van der Waals surface area contributed by atoms with Gasteiger partial charge < -0.3 is 33.5 Å². The lowest BCUT2D eigenvalue weighted by molar-refractivity contribution is -0.0270. The number of nitrogens with zero attached hydrogens (tertiary/aromatic N) is 8. The zero-order chi connectivity index (χ0) is 41.1. The Bertz CT molecular complexity index is 2110. The molecule has 16 heteroatoms. The number of carbonyl (C=O) groups excluding carboxylic acids is 1. The third kappa shape index (κ3) is 8.93. The van der Waals surface area contributed by atoms with E-state index < -0.39 is 16.7 Å². The second kappa shape index (κ2) is 17.6. The van der Waals surface area contributed by atoms with Gasteiger partial charge in [0.1, 0.15) is 35.3 Å². The van der Waals surface area contributed by atoms with Gasteiger partial charge in [0.25, 0.3) is 5.91 Å². The van der Waals surface area contributed by atoms with E-state index in [1.165, 1.54) is 28.8 Å². The van der Waals surface area contributed by atoms with Crippen LogP contribution < -0.4 is 18.7 Å². The van der Waals surface area contributed by atoms with E-state index in [0.29, 0.717) is 37.0 Å². The number of aromatic nitrogens is 4. The Morgan fingerprint density at radius 1 is 1.00 bits per heavy atom. The minimum Gasteiger partial charge on any atom is -0.497 e. The van der Waals surface area contributed by atoms with Crippen molar-refractivity contribution >= 4 is 28.4 Å². The van der Waals surface area contributed by atoms with Gasteiger partial charge in [-0.3, -0.25) is 9.10 Å². The molecule has 7 rings (SSSR count). The lowest BCUT2D eigenvalue weighted by Gasteiger charge is -2.54. The van der Waals surface area contributed by atoms with Gasteiger partial charge >= 0.3 is 0 Å². The number of thiol groups is 1. The molecule has 0 unspecified atom stereocenters. The summed E-state index contributed by atoms with van der Waals surface area (Å²) in [4.78, 5) is 33.2. The molecule has 2 aromatic carbocycles. The first kappa shape index (κ1) is 41.4. The highest BCUT2D eigenvalue weighted by molar-refractivity contribution is 7.74. The Kier molecular flexibility index (Phi) is 12.5. The number of carbonyl (C=O) groups is 1. The van der Waals surface area contributed by atoms with Crippen molar-refractivity contribution in [2.24, 2.45) is 5.41 Å². The minimum absolute atomic E-state index is 0.0256. The molecular weight excluding hydrogens is 764 g/mol. The Morgan fingerprint density at radius 3 is 2.36 bits per heavy atom. The van der Waals surface area contributed by atoms with E-state index in [4.69, 9.17) is 14.2 Å². The molecule has 5 heterocycles. The number of piperidine rings is 1. The fourth-order valence-corrected chi connectivity index (χ4v) is 9.49. The molecule has 312 valence electrons. The van der Waals surface area contributed by atoms with Crippen molar-refractivity contribution in [3.63, 3.8) is 0 Å². The second-order valence-corrected chi connectivity index (χ2v) is 17.3. The number of rotatable bonds is 14. The minimum atomic E-state index is -2.92. The van der Waals surface area contributed by atoms with Crippen LogP contribution in [0.5, 0.6) is 17.2 Å². The van der Waals surface area contributed by atoms with Gasteiger partial charge in [0.2, 0.25) is 10.9 Å². The van der Waals surface area contributed by atoms with Crippen LogP contribution in [0, 0.1) is 18.2 Å². The van der Waals surface area contributed by atoms with Crippen LogP contribution >= 0.6 is 0 Å². The predicted molar refractivity (Wildman–Crippen MR) is 220 cm³/mol. The fraction of sp³-hybridized carbons (Fsp3) is 0.524. The molecule has 1 amide bonds. The van der Waals surface area contributed by atoms with Gasteiger partial charge in [-0.05, 0) is 109 Å². The molecule has 14 nitrogen and oxygen atoms in total. The molecule has 0 aliphatic carbocycles. The van der Waals surface area contributed by atoms with Crippen molar-refractivity contribution in [1.82, 2.24) is 29.3 Å². The number of amides is 1. The van der Waals surface area contributed by atoms with E-state index in [-0.39, 0.29) is 46.9 Å². The van der Waals surface area contributed by atoms with E-state index >= 15 is 0 Å². The van der Waals surface area contributed by atoms with Crippen molar-refractivity contribution in [3.05, 3.63) is 84.0 Å². The summed E-state index contributed by atoms with van der Waals surface area (Å²) in [5, 5.41) is 0. The van der Waals surface area contributed by atoms with Gasteiger partial charge in [-0.1, -0.05) is 12.1 Å². The molecule has 3 aliphatic heterocycles. The summed E-state index contributed by atoms with van der Waals surface area (Å²) in [6, 6.07) is 11.3. The van der Waals surface area contributed by atoms with Crippen molar-refractivity contribution in [1.29, 1.82) is 0 Å². The molecule has 1 spiro atoms. The molecule has 4 aromatic rings. The van der Waals surface area contributed by atoms with Gasteiger partial charge in [-0.2, -0.15) is 0 Å². The molecule has 2 atom stereocenters. The molecule has 2 aromatic heterocycles. The molecule has 0 radical (unpaired) electrons. The van der Waals surface area contributed by atoms with Crippen molar-refractivity contribution in [2.45, 2.75) is 91.1 Å². The second-order valence-electron chi connectivity index (χ2n) is 16.4. The van der Waals surface area contributed by atoms with E-state index in [9.17, 15) is 17.6 Å². The van der Waals surface area contributed by atoms with Crippen molar-refractivity contribution < 1.29 is 31.8 Å². The standard InChI is InChI=1S/C42H55FN8O6S/c1-28(2)50(29(3)4)41(52)36-19-32(43)9-14-37(36)57-38-20-44-27-46-40(38)48-25-42(26-48)15-17-47(18-16-42)23-35-13-10-33(24-56-35)51(58(53)54)39-21-45-30(5)49(39)22-31-7-11-34(55-6)12-8-31/h7-9,11-12,14,19-21,27-29,33,35,58H,10,13,15-18,22-26H2,1-6H3/t33-,35+/m1/s1. The number of imidazole rings is 1. The van der Waals surface area contributed by atoms with Crippen LogP contribution in [0.3, 0.4) is 0 Å². The van der Waals surface area contributed by atoms with Crippen LogP contribution in [0.1, 0.15) is 75.1 Å². The maximum absolute atomic E-state index is 14.5. The maximum atomic E-state index is 14.5. The van der Waals surface area contributed by atoms with Crippen LogP contribution in [0.4, 0.5) is 16.0 Å². The average Bonchev–Trinajstić information content (AvgIpc) is 3.54. The Hall–Kier alpha value is -4.80. The first-order chi connectivity index (χ1) is 27.8. The lowest BCUT2D eigenvalue weighted by atomic mass is 9.72. The highest BCUT2D eigenvalue weighted by Crippen LogP contribution is 2.45. The monoisotopic (exact) mass is 818 g/mol. The molecule has 3 aliphatic rings. The topological polar surface area (TPSA) is 135 Å². The van der Waals surface area contributed by atoms with E-state index in [1.807, 2.05) is 63.5 Å². The van der Waals surface area contributed by atoms with Gasteiger partial charge in [0.15, 0.2) is 11.6 Å². The summed E-state index contributed by atoms with van der Waals surface area (Å²) >= 11 is 0. The SMILES string of the molecule is COc1ccc(Cn2c(N([C@@H]3CC[C@@H](CN4CCC5(CC4)CN(c4ncncc4Oc4ccc(F)cc4C(=O)N(C(C)C)C(C)C)C5)OC3)[SH](=O)=O)cnc2C)cc1. The summed E-state index contributed by atoms with van der Waals surface area (Å²) < 4.78 is 61.2. The number of benzene rings is 2. The van der Waals surface area contributed by atoms with Gasteiger partial charge in [0.05, 0.1) is 50.4 Å². The van der Waals surface area contributed by atoms with E-state index in [1.54, 1.807) is 24.4 Å². The highest BCUT2D eigenvalue weighted by Gasteiger charge is 2.46. The van der Waals surface area contributed by atoms with Crippen LogP contribution in [0.15, 0.2) is 61.2 Å². The number of anilines is 2. The highest BCUT2D eigenvalue weighted by atomic mass is 32.2. The molecule has 58 heavy (non-hydrogen) atoms. The predicted octanol–water partition coefficient (Wildman–Crippen LogP) is 5.71. The lowest BCUT2D eigenvalue weighted by Crippen LogP contribution is -2.61. The first-order valence-electron chi connectivity index (χ1n) is 20.1. The largest absolute Gasteiger partial charge is 0.497 e. The molecule has 0 saturated carbocycles. The molecule has 0 bridgehead atoms. The average molecular weight is 819 g/mol. The summed E-state index contributed by atoms with van der Waals surface area (Å²) in [6.07, 6.45) is 8.26. The Morgan fingerprint density at radius 2 is 1.72 bits per heavy atom. The number of halogens is 1. The van der Waals surface area contributed by atoms with Gasteiger partial charge in [0, 0.05) is 37.1 Å². The number of hydrogen-bond acceptors (Lipinski definition) is 11. The van der Waals surface area contributed by atoms with Gasteiger partial charge in [-0.15, -0.1) is 0 Å². The van der Waals surface area contributed by atoms with E-state index in [2.05, 4.69) is 24.8 Å². The molecule has 3 saturated heterocycles. The molecule has 0 N–H and O–H groups in total. The summed E-state index contributed by atoms with van der Waals surface area (Å²) in [5.74, 6) is 2.55. The van der Waals surface area contributed by atoms with Crippen LogP contribution in [0.2, 0.25) is 0 Å². The number of ether oxygens (including phenoxy) is 3. The van der Waals surface area contributed by atoms with Crippen molar-refractivity contribution in [2.75, 3.05) is 55.6 Å². The van der Waals surface area contributed by atoms with E-state index in [0.717, 1.165) is 69.1 Å². The first-order valence-corrected chi connectivity index (χ1v) is 21.3. The van der Waals surface area contributed by atoms with Gasteiger partial charge in [-0.25, -0.2) is 27.8 Å². The molecular formula is C42H55FN8O6S. The number of likely N-dealkylation sites (tertiary alicyclic amines) is 1. The zero-order valence-corrected chi connectivity index (χ0v) is 35.1. The summed E-state index contributed by atoms with van der Waals surface area (Å²) in [5.41, 5.74) is 1.32. The summed E-state index contributed by atoms with van der Waals surface area (Å²) in [7, 11) is -1.29. The zero-order valence-electron chi connectivity index (χ0n) is 34.2. The number of hydrogen-bond donors (Lipinski definition) is 1. The Balaban J connectivity index is 0.921. The molecule has 3 fully saturated rings. The van der Waals surface area contributed by atoms with Crippen LogP contribution in [-0.4, -0.2) is 114 Å². The third-order valence-electron chi connectivity index (χ3n) is 11.8. The smallest absolute Gasteiger partial charge is 0.258 e. The van der Waals surface area contributed by atoms with Crippen LogP contribution in [-0.2, 0) is 22.2 Å². The number of aryl methyl sites for hydroxylation is 1. The quantitative estimate of drug-likeness (QED) is 0.157. The normalized spacial score (nSPS) is 19.4. The fourth-order valence-electron chi connectivity index (χ4n) is 8.71. The number of methoxy groups -OCH3 is 1. The van der Waals surface area contributed by atoms with Crippen LogP contribution in [0.25, 0.3) is 0 Å².